The SMILES string of the molecule is Clc1nc(N2CCNCC2)c2sc(N3CCCC3)nc2n1. The van der Waals surface area contributed by atoms with E-state index in [1.165, 1.54) is 12.8 Å². The first kappa shape index (κ1) is 13.5. The van der Waals surface area contributed by atoms with Crippen molar-refractivity contribution in [3.05, 3.63) is 5.28 Å². The maximum Gasteiger partial charge on any atom is 0.226 e. The van der Waals surface area contributed by atoms with E-state index in [-0.39, 0.29) is 5.28 Å². The molecule has 8 heteroatoms. The summed E-state index contributed by atoms with van der Waals surface area (Å²) in [6.07, 6.45) is 2.49. The van der Waals surface area contributed by atoms with E-state index in [2.05, 4.69) is 30.1 Å². The van der Waals surface area contributed by atoms with Gasteiger partial charge in [0.15, 0.2) is 16.6 Å². The van der Waals surface area contributed by atoms with Crippen LogP contribution in [-0.2, 0) is 0 Å². The molecule has 0 spiro atoms. The highest BCUT2D eigenvalue weighted by molar-refractivity contribution is 7.22. The van der Waals surface area contributed by atoms with Gasteiger partial charge in [-0.15, -0.1) is 0 Å². The summed E-state index contributed by atoms with van der Waals surface area (Å²) in [5.41, 5.74) is 0.732. The Hall–Kier alpha value is -1.18. The van der Waals surface area contributed by atoms with Gasteiger partial charge >= 0.3 is 0 Å². The summed E-state index contributed by atoms with van der Waals surface area (Å²) < 4.78 is 1.06. The maximum absolute atomic E-state index is 6.10. The summed E-state index contributed by atoms with van der Waals surface area (Å²) in [6.45, 7) is 6.01. The molecule has 2 aromatic rings. The van der Waals surface area contributed by atoms with Crippen molar-refractivity contribution in [3.63, 3.8) is 0 Å². The predicted octanol–water partition coefficient (Wildman–Crippen LogP) is 1.75. The number of hydrogen-bond donors (Lipinski definition) is 1. The number of nitrogens with one attached hydrogen (secondary N) is 1. The fraction of sp³-hybridized carbons (Fsp3) is 0.615. The Morgan fingerprint density at radius 3 is 2.48 bits per heavy atom. The van der Waals surface area contributed by atoms with Crippen molar-refractivity contribution in [2.75, 3.05) is 49.1 Å². The zero-order valence-corrected chi connectivity index (χ0v) is 13.3. The molecule has 4 heterocycles. The Labute approximate surface area is 132 Å². The first-order valence-corrected chi connectivity index (χ1v) is 8.55. The summed E-state index contributed by atoms with van der Waals surface area (Å²) in [4.78, 5) is 18.1. The lowest BCUT2D eigenvalue weighted by Crippen LogP contribution is -2.44. The molecule has 2 aliphatic heterocycles. The molecule has 2 saturated heterocycles. The van der Waals surface area contributed by atoms with Crippen molar-refractivity contribution >= 4 is 44.2 Å². The minimum atomic E-state index is 0.286. The van der Waals surface area contributed by atoms with Crippen LogP contribution in [0.25, 0.3) is 10.3 Å². The van der Waals surface area contributed by atoms with E-state index < -0.39 is 0 Å². The van der Waals surface area contributed by atoms with Crippen molar-refractivity contribution < 1.29 is 0 Å². The second-order valence-electron chi connectivity index (χ2n) is 5.40. The molecule has 0 amide bonds. The molecule has 0 saturated carbocycles. The van der Waals surface area contributed by atoms with E-state index in [1.807, 2.05) is 0 Å². The van der Waals surface area contributed by atoms with Crippen LogP contribution in [0.1, 0.15) is 12.8 Å². The molecule has 2 fully saturated rings. The van der Waals surface area contributed by atoms with Gasteiger partial charge in [-0.3, -0.25) is 0 Å². The predicted molar refractivity (Wildman–Crippen MR) is 86.7 cm³/mol. The van der Waals surface area contributed by atoms with Crippen LogP contribution in [0.4, 0.5) is 10.9 Å². The van der Waals surface area contributed by atoms with Crippen molar-refractivity contribution in [1.82, 2.24) is 20.3 Å². The number of hydrogen-bond acceptors (Lipinski definition) is 7. The van der Waals surface area contributed by atoms with Crippen LogP contribution in [0.3, 0.4) is 0 Å². The molecular weight excluding hydrogens is 308 g/mol. The second-order valence-corrected chi connectivity index (χ2v) is 6.71. The van der Waals surface area contributed by atoms with Gasteiger partial charge in [0.1, 0.15) is 4.70 Å². The molecule has 21 heavy (non-hydrogen) atoms. The number of aromatic nitrogens is 3. The van der Waals surface area contributed by atoms with E-state index in [4.69, 9.17) is 11.6 Å². The van der Waals surface area contributed by atoms with Crippen LogP contribution >= 0.6 is 22.9 Å². The van der Waals surface area contributed by atoms with Crippen molar-refractivity contribution in [2.24, 2.45) is 0 Å². The molecule has 6 nitrogen and oxygen atoms in total. The van der Waals surface area contributed by atoms with Crippen molar-refractivity contribution in [1.29, 1.82) is 0 Å². The van der Waals surface area contributed by atoms with E-state index in [9.17, 15) is 0 Å². The second kappa shape index (κ2) is 5.55. The van der Waals surface area contributed by atoms with Gasteiger partial charge in [0.2, 0.25) is 5.28 Å². The Kier molecular flexibility index (Phi) is 3.56. The lowest BCUT2D eigenvalue weighted by Gasteiger charge is -2.28. The number of rotatable bonds is 2. The fourth-order valence-electron chi connectivity index (χ4n) is 2.91. The van der Waals surface area contributed by atoms with Crippen molar-refractivity contribution in [2.45, 2.75) is 12.8 Å². The monoisotopic (exact) mass is 324 g/mol. The largest absolute Gasteiger partial charge is 0.353 e. The summed E-state index contributed by atoms with van der Waals surface area (Å²) >= 11 is 7.79. The molecule has 2 aromatic heterocycles. The van der Waals surface area contributed by atoms with Crippen molar-refractivity contribution in [3.8, 4) is 0 Å². The zero-order valence-electron chi connectivity index (χ0n) is 11.7. The topological polar surface area (TPSA) is 57.2 Å². The van der Waals surface area contributed by atoms with Crippen LogP contribution in [0.15, 0.2) is 0 Å². The quantitative estimate of drug-likeness (QED) is 0.849. The molecule has 4 rings (SSSR count). The van der Waals surface area contributed by atoms with Crippen LogP contribution in [0, 0.1) is 0 Å². The summed E-state index contributed by atoms with van der Waals surface area (Å²) in [6, 6.07) is 0. The first-order valence-electron chi connectivity index (χ1n) is 7.36. The molecule has 0 aliphatic carbocycles. The Bertz CT molecular complexity index is 647. The molecular formula is C13H17ClN6S. The summed E-state index contributed by atoms with van der Waals surface area (Å²) in [5.74, 6) is 0.939. The highest BCUT2D eigenvalue weighted by Crippen LogP contribution is 2.35. The van der Waals surface area contributed by atoms with Gasteiger partial charge in [0.25, 0.3) is 0 Å². The van der Waals surface area contributed by atoms with Gasteiger partial charge in [-0.1, -0.05) is 11.3 Å². The number of piperazine rings is 1. The summed E-state index contributed by atoms with van der Waals surface area (Å²) in [7, 11) is 0. The van der Waals surface area contributed by atoms with Gasteiger partial charge in [-0.25, -0.2) is 0 Å². The van der Waals surface area contributed by atoms with E-state index in [1.54, 1.807) is 11.3 Å². The van der Waals surface area contributed by atoms with Crippen LogP contribution in [0.2, 0.25) is 5.28 Å². The minimum Gasteiger partial charge on any atom is -0.353 e. The van der Waals surface area contributed by atoms with Crippen LogP contribution in [0.5, 0.6) is 0 Å². The Morgan fingerprint density at radius 1 is 0.952 bits per heavy atom. The maximum atomic E-state index is 6.10. The average Bonchev–Trinajstić information content (AvgIpc) is 3.16. The normalized spacial score (nSPS) is 19.7. The molecule has 0 unspecified atom stereocenters. The lowest BCUT2D eigenvalue weighted by atomic mass is 10.3. The number of nitrogens with zero attached hydrogens (tertiary/aromatic N) is 5. The zero-order chi connectivity index (χ0) is 14.2. The molecule has 0 bridgehead atoms. The number of fused-ring (bicyclic) bond motifs is 1. The average molecular weight is 325 g/mol. The van der Waals surface area contributed by atoms with Gasteiger partial charge in [0, 0.05) is 39.3 Å². The summed E-state index contributed by atoms with van der Waals surface area (Å²) in [5, 5.41) is 4.70. The van der Waals surface area contributed by atoms with E-state index in [0.717, 1.165) is 60.6 Å². The third-order valence-electron chi connectivity index (χ3n) is 3.99. The number of thiazole rings is 1. The molecule has 2 aliphatic rings. The molecule has 0 radical (unpaired) electrons. The third-order valence-corrected chi connectivity index (χ3v) is 5.26. The fourth-order valence-corrected chi connectivity index (χ4v) is 4.14. The molecule has 112 valence electrons. The number of halogens is 1. The van der Waals surface area contributed by atoms with E-state index >= 15 is 0 Å². The lowest BCUT2D eigenvalue weighted by molar-refractivity contribution is 0.586. The third kappa shape index (κ3) is 2.54. The van der Waals surface area contributed by atoms with Gasteiger partial charge < -0.3 is 15.1 Å². The highest BCUT2D eigenvalue weighted by Gasteiger charge is 2.22. The van der Waals surface area contributed by atoms with Crippen LogP contribution < -0.4 is 15.1 Å². The number of anilines is 2. The standard InChI is InChI=1S/C13H17ClN6S/c14-12-16-10-9(11(18-12)19-7-3-15-4-8-19)21-13(17-10)20-5-1-2-6-20/h15H,1-8H2. The highest BCUT2D eigenvalue weighted by atomic mass is 35.5. The van der Waals surface area contributed by atoms with E-state index in [0.29, 0.717) is 0 Å². The Morgan fingerprint density at radius 2 is 1.71 bits per heavy atom. The van der Waals surface area contributed by atoms with Crippen LogP contribution in [-0.4, -0.2) is 54.2 Å². The molecule has 1 N–H and O–H groups in total. The van der Waals surface area contributed by atoms with Gasteiger partial charge in [-0.2, -0.15) is 15.0 Å². The Balaban J connectivity index is 1.77. The smallest absolute Gasteiger partial charge is 0.226 e. The molecule has 0 aromatic carbocycles. The first-order chi connectivity index (χ1) is 10.3. The molecule has 0 atom stereocenters. The van der Waals surface area contributed by atoms with Gasteiger partial charge in [-0.05, 0) is 24.4 Å². The van der Waals surface area contributed by atoms with Gasteiger partial charge in [0.05, 0.1) is 0 Å². The minimum absolute atomic E-state index is 0.286.